The molecule has 158 valence electrons. The summed E-state index contributed by atoms with van der Waals surface area (Å²) in [5, 5.41) is 13.8. The van der Waals surface area contributed by atoms with E-state index in [1.807, 2.05) is 42.5 Å². The minimum Gasteiger partial charge on any atom is -0.454 e. The number of pyridine rings is 1. The molecule has 0 aliphatic rings. The molecule has 7 aromatic rings. The van der Waals surface area contributed by atoms with Crippen LogP contribution in [0, 0.1) is 11.3 Å². The number of fused-ring (bicyclic) bond motifs is 7. The van der Waals surface area contributed by atoms with E-state index in [4.69, 9.17) is 4.42 Å². The standard InChI is InChI=1S/C30H17N3O/c31-18-20-8-6-12-26(32-20)19-7-5-9-21(17-19)33-27-13-3-1-10-22(27)24-15-16-25-23-11-2-4-14-28(23)34-30(25)29(24)33/h1-17H. The maximum atomic E-state index is 9.28. The number of aromatic nitrogens is 2. The van der Waals surface area contributed by atoms with Crippen LogP contribution in [0.15, 0.2) is 108 Å². The highest BCUT2D eigenvalue weighted by Gasteiger charge is 2.19. The van der Waals surface area contributed by atoms with Gasteiger partial charge in [0.05, 0.1) is 16.7 Å². The number of hydrogen-bond donors (Lipinski definition) is 0. The van der Waals surface area contributed by atoms with Gasteiger partial charge in [0.2, 0.25) is 0 Å². The smallest absolute Gasteiger partial charge is 0.160 e. The van der Waals surface area contributed by atoms with Gasteiger partial charge in [0.15, 0.2) is 5.58 Å². The molecule has 0 atom stereocenters. The second-order valence-electron chi connectivity index (χ2n) is 8.36. The van der Waals surface area contributed by atoms with Crippen LogP contribution < -0.4 is 0 Å². The number of rotatable bonds is 2. The molecule has 34 heavy (non-hydrogen) atoms. The van der Waals surface area contributed by atoms with E-state index in [9.17, 15) is 5.26 Å². The van der Waals surface area contributed by atoms with Crippen molar-refractivity contribution in [1.29, 1.82) is 5.26 Å². The lowest BCUT2D eigenvalue weighted by molar-refractivity contribution is 0.671. The minimum atomic E-state index is 0.406. The van der Waals surface area contributed by atoms with Crippen molar-refractivity contribution < 1.29 is 4.42 Å². The van der Waals surface area contributed by atoms with Gasteiger partial charge < -0.3 is 8.98 Å². The molecule has 0 amide bonds. The van der Waals surface area contributed by atoms with Crippen molar-refractivity contribution in [3.05, 3.63) is 109 Å². The molecule has 4 aromatic carbocycles. The van der Waals surface area contributed by atoms with Gasteiger partial charge in [-0.15, -0.1) is 0 Å². The van der Waals surface area contributed by atoms with Gasteiger partial charge in [0.25, 0.3) is 0 Å². The number of nitriles is 1. The zero-order valence-electron chi connectivity index (χ0n) is 18.1. The Morgan fingerprint density at radius 1 is 0.706 bits per heavy atom. The summed E-state index contributed by atoms with van der Waals surface area (Å²) in [7, 11) is 0. The number of benzene rings is 4. The molecule has 0 aliphatic carbocycles. The summed E-state index contributed by atoms with van der Waals surface area (Å²) in [5.41, 5.74) is 7.07. The number of nitrogens with zero attached hydrogens (tertiary/aromatic N) is 3. The fraction of sp³-hybridized carbons (Fsp3) is 0. The monoisotopic (exact) mass is 435 g/mol. The van der Waals surface area contributed by atoms with Crippen molar-refractivity contribution in [3.63, 3.8) is 0 Å². The molecule has 0 saturated heterocycles. The van der Waals surface area contributed by atoms with E-state index >= 15 is 0 Å². The largest absolute Gasteiger partial charge is 0.454 e. The van der Waals surface area contributed by atoms with E-state index in [-0.39, 0.29) is 0 Å². The first-order chi connectivity index (χ1) is 16.8. The lowest BCUT2D eigenvalue weighted by atomic mass is 10.1. The van der Waals surface area contributed by atoms with Gasteiger partial charge in [-0.05, 0) is 42.5 Å². The van der Waals surface area contributed by atoms with Gasteiger partial charge in [0.1, 0.15) is 17.3 Å². The summed E-state index contributed by atoms with van der Waals surface area (Å²) in [4.78, 5) is 4.50. The van der Waals surface area contributed by atoms with E-state index < -0.39 is 0 Å². The van der Waals surface area contributed by atoms with Crippen LogP contribution in [0.1, 0.15) is 5.69 Å². The maximum absolute atomic E-state index is 9.28. The van der Waals surface area contributed by atoms with Crippen LogP contribution in [-0.4, -0.2) is 9.55 Å². The van der Waals surface area contributed by atoms with Crippen LogP contribution >= 0.6 is 0 Å². The minimum absolute atomic E-state index is 0.406. The van der Waals surface area contributed by atoms with Crippen LogP contribution in [0.5, 0.6) is 0 Å². The molecule has 3 heterocycles. The van der Waals surface area contributed by atoms with Crippen molar-refractivity contribution >= 4 is 43.7 Å². The normalized spacial score (nSPS) is 11.5. The zero-order chi connectivity index (χ0) is 22.6. The van der Waals surface area contributed by atoms with E-state index in [1.54, 1.807) is 6.07 Å². The Morgan fingerprint density at radius 2 is 1.50 bits per heavy atom. The summed E-state index contributed by atoms with van der Waals surface area (Å²) in [5.74, 6) is 0. The van der Waals surface area contributed by atoms with Crippen molar-refractivity contribution in [1.82, 2.24) is 9.55 Å². The highest BCUT2D eigenvalue weighted by atomic mass is 16.3. The summed E-state index contributed by atoms with van der Waals surface area (Å²) < 4.78 is 8.70. The van der Waals surface area contributed by atoms with Crippen LogP contribution in [0.4, 0.5) is 0 Å². The third-order valence-corrected chi connectivity index (χ3v) is 6.44. The fourth-order valence-electron chi connectivity index (χ4n) is 4.96. The quantitative estimate of drug-likeness (QED) is 0.281. The lowest BCUT2D eigenvalue weighted by Gasteiger charge is -2.10. The Kier molecular flexibility index (Phi) is 3.88. The lowest BCUT2D eigenvalue weighted by Crippen LogP contribution is -1.95. The fourth-order valence-corrected chi connectivity index (χ4v) is 4.96. The molecule has 0 radical (unpaired) electrons. The Bertz CT molecular complexity index is 1930. The Morgan fingerprint density at radius 3 is 2.41 bits per heavy atom. The predicted octanol–water partition coefficient (Wildman–Crippen LogP) is 7.62. The number of para-hydroxylation sites is 2. The van der Waals surface area contributed by atoms with Crippen LogP contribution in [0.2, 0.25) is 0 Å². The molecule has 4 nitrogen and oxygen atoms in total. The van der Waals surface area contributed by atoms with Crippen LogP contribution in [0.25, 0.3) is 60.7 Å². The van der Waals surface area contributed by atoms with Gasteiger partial charge in [-0.2, -0.15) is 5.26 Å². The van der Waals surface area contributed by atoms with Gasteiger partial charge in [0, 0.05) is 32.8 Å². The molecule has 0 bridgehead atoms. The summed E-state index contributed by atoms with van der Waals surface area (Å²) in [6.45, 7) is 0. The Hall–Kier alpha value is -4.88. The molecule has 7 rings (SSSR count). The first-order valence-electron chi connectivity index (χ1n) is 11.1. The molecule has 0 N–H and O–H groups in total. The average molecular weight is 435 g/mol. The highest BCUT2D eigenvalue weighted by Crippen LogP contribution is 2.40. The van der Waals surface area contributed by atoms with Gasteiger partial charge in [-0.3, -0.25) is 0 Å². The molecule has 0 saturated carbocycles. The Balaban J connectivity index is 1.59. The third kappa shape index (κ3) is 2.61. The maximum Gasteiger partial charge on any atom is 0.160 e. The van der Waals surface area contributed by atoms with Crippen LogP contribution in [0.3, 0.4) is 0 Å². The van der Waals surface area contributed by atoms with Crippen molar-refractivity contribution in [2.24, 2.45) is 0 Å². The molecular weight excluding hydrogens is 418 g/mol. The first kappa shape index (κ1) is 18.7. The number of furan rings is 1. The van der Waals surface area contributed by atoms with Gasteiger partial charge in [-0.25, -0.2) is 4.98 Å². The summed E-state index contributed by atoms with van der Waals surface area (Å²) in [6.07, 6.45) is 0. The molecule has 0 aliphatic heterocycles. The molecule has 3 aromatic heterocycles. The van der Waals surface area contributed by atoms with E-state index in [0.29, 0.717) is 5.69 Å². The van der Waals surface area contributed by atoms with E-state index in [2.05, 4.69) is 70.2 Å². The second kappa shape index (κ2) is 7.06. The molecular formula is C30H17N3O. The predicted molar refractivity (Wildman–Crippen MR) is 136 cm³/mol. The molecule has 0 spiro atoms. The summed E-state index contributed by atoms with van der Waals surface area (Å²) >= 11 is 0. The van der Waals surface area contributed by atoms with Gasteiger partial charge in [-0.1, -0.05) is 60.7 Å². The highest BCUT2D eigenvalue weighted by molar-refractivity contribution is 6.21. The van der Waals surface area contributed by atoms with Crippen molar-refractivity contribution in [2.45, 2.75) is 0 Å². The first-order valence-corrected chi connectivity index (χ1v) is 11.1. The number of hydrogen-bond acceptors (Lipinski definition) is 3. The molecule has 0 fully saturated rings. The average Bonchev–Trinajstić information content (AvgIpc) is 3.45. The van der Waals surface area contributed by atoms with E-state index in [0.717, 1.165) is 55.3 Å². The van der Waals surface area contributed by atoms with E-state index in [1.165, 1.54) is 5.39 Å². The zero-order valence-corrected chi connectivity index (χ0v) is 18.1. The van der Waals surface area contributed by atoms with Crippen LogP contribution in [-0.2, 0) is 0 Å². The molecule has 0 unspecified atom stereocenters. The van der Waals surface area contributed by atoms with Crippen molar-refractivity contribution in [3.8, 4) is 23.0 Å². The molecule has 4 heteroatoms. The second-order valence-corrected chi connectivity index (χ2v) is 8.36. The third-order valence-electron chi connectivity index (χ3n) is 6.44. The van der Waals surface area contributed by atoms with Gasteiger partial charge >= 0.3 is 0 Å². The SMILES string of the molecule is N#Cc1cccc(-c2cccc(-n3c4ccccc4c4ccc5c6ccccc6oc5c43)c2)n1. The van der Waals surface area contributed by atoms with Crippen molar-refractivity contribution in [2.75, 3.05) is 0 Å². The summed E-state index contributed by atoms with van der Waals surface area (Å²) in [6, 6.07) is 36.9. The Labute approximate surface area is 194 Å². The topological polar surface area (TPSA) is 54.8 Å².